The van der Waals surface area contributed by atoms with Crippen LogP contribution in [0.2, 0.25) is 0 Å². The number of amides is 2. The summed E-state index contributed by atoms with van der Waals surface area (Å²) >= 11 is 0. The van der Waals surface area contributed by atoms with Gasteiger partial charge in [-0.25, -0.2) is 4.79 Å². The van der Waals surface area contributed by atoms with Gasteiger partial charge in [0.15, 0.2) is 0 Å². The highest BCUT2D eigenvalue weighted by Crippen LogP contribution is 2.43. The molecule has 3 saturated heterocycles. The number of nitrogens with zero attached hydrogens (tertiary/aromatic N) is 2. The Hall–Kier alpha value is -1.99. The molecular weight excluding hydrogens is 358 g/mol. The fraction of sp³-hybridized carbons (Fsp3) is 0.667. The van der Waals surface area contributed by atoms with Crippen LogP contribution in [0, 0.1) is 11.3 Å². The molecule has 7 heteroatoms. The van der Waals surface area contributed by atoms with E-state index in [9.17, 15) is 9.90 Å². The molecule has 3 fully saturated rings. The van der Waals surface area contributed by atoms with Gasteiger partial charge in [0.1, 0.15) is 5.75 Å². The number of nitrogens with one attached hydrogen (secondary N) is 1. The number of benzene rings is 1. The Morgan fingerprint density at radius 2 is 2.00 bits per heavy atom. The van der Waals surface area contributed by atoms with Gasteiger partial charge in [0.2, 0.25) is 0 Å². The second-order valence-electron chi connectivity index (χ2n) is 8.58. The summed E-state index contributed by atoms with van der Waals surface area (Å²) in [4.78, 5) is 16.9. The van der Waals surface area contributed by atoms with Gasteiger partial charge in [0.25, 0.3) is 0 Å². The van der Waals surface area contributed by atoms with Crippen molar-refractivity contribution in [1.82, 2.24) is 10.2 Å². The molecule has 0 aliphatic carbocycles. The zero-order valence-corrected chi connectivity index (χ0v) is 17.1. The van der Waals surface area contributed by atoms with Crippen LogP contribution in [0.4, 0.5) is 10.5 Å². The quantitative estimate of drug-likeness (QED) is 0.687. The average molecular weight is 392 g/mol. The third-order valence-corrected chi connectivity index (χ3v) is 5.89. The fourth-order valence-electron chi connectivity index (χ4n) is 4.57. The molecular formula is C21H33N3O4. The summed E-state index contributed by atoms with van der Waals surface area (Å²) in [5.74, 6) is 1.25. The van der Waals surface area contributed by atoms with Gasteiger partial charge >= 0.3 is 6.03 Å². The molecule has 7 nitrogen and oxygen atoms in total. The number of aliphatic hydroxyl groups is 2. The van der Waals surface area contributed by atoms with Crippen LogP contribution in [0.1, 0.15) is 27.2 Å². The monoisotopic (exact) mass is 391 g/mol. The Morgan fingerprint density at radius 1 is 1.29 bits per heavy atom. The normalized spacial score (nSPS) is 24.6. The highest BCUT2D eigenvalue weighted by molar-refractivity contribution is 5.74. The minimum atomic E-state index is -0.926. The summed E-state index contributed by atoms with van der Waals surface area (Å²) in [6.07, 6.45) is 0.151. The van der Waals surface area contributed by atoms with E-state index in [4.69, 9.17) is 9.84 Å². The van der Waals surface area contributed by atoms with E-state index >= 15 is 0 Å². The van der Waals surface area contributed by atoms with Crippen LogP contribution in [0.5, 0.6) is 5.75 Å². The lowest BCUT2D eigenvalue weighted by Crippen LogP contribution is -2.54. The molecule has 0 radical (unpaired) electrons. The Bertz CT molecular complexity index is 664. The zero-order chi connectivity index (χ0) is 20.3. The fourth-order valence-corrected chi connectivity index (χ4v) is 4.57. The second-order valence-corrected chi connectivity index (χ2v) is 8.58. The van der Waals surface area contributed by atoms with Gasteiger partial charge in [-0.3, -0.25) is 0 Å². The molecule has 1 aromatic carbocycles. The highest BCUT2D eigenvalue weighted by Gasteiger charge is 2.46. The summed E-state index contributed by atoms with van der Waals surface area (Å²) in [6, 6.07) is 8.25. The van der Waals surface area contributed by atoms with E-state index in [0.29, 0.717) is 25.6 Å². The highest BCUT2D eigenvalue weighted by atomic mass is 16.5. The molecule has 0 saturated carbocycles. The van der Waals surface area contributed by atoms with Gasteiger partial charge in [0.05, 0.1) is 25.4 Å². The van der Waals surface area contributed by atoms with Crippen molar-refractivity contribution in [2.75, 3.05) is 44.3 Å². The number of piperidine rings is 1. The molecule has 3 N–H and O–H groups in total. The molecule has 0 spiro atoms. The molecule has 156 valence electrons. The summed E-state index contributed by atoms with van der Waals surface area (Å²) in [7, 11) is 0. The van der Waals surface area contributed by atoms with Crippen molar-refractivity contribution < 1.29 is 19.7 Å². The summed E-state index contributed by atoms with van der Waals surface area (Å²) < 4.78 is 5.56. The van der Waals surface area contributed by atoms with Crippen molar-refractivity contribution in [1.29, 1.82) is 0 Å². The van der Waals surface area contributed by atoms with E-state index in [2.05, 4.69) is 36.2 Å². The molecule has 3 aliphatic rings. The van der Waals surface area contributed by atoms with Crippen LogP contribution in [-0.4, -0.2) is 72.7 Å². The predicted octanol–water partition coefficient (Wildman–Crippen LogP) is 1.68. The molecule has 1 aromatic rings. The summed E-state index contributed by atoms with van der Waals surface area (Å²) in [6.45, 7) is 9.15. The van der Waals surface area contributed by atoms with Gasteiger partial charge < -0.3 is 30.1 Å². The maximum Gasteiger partial charge on any atom is 0.317 e. The van der Waals surface area contributed by atoms with E-state index in [-0.39, 0.29) is 30.6 Å². The first-order chi connectivity index (χ1) is 13.3. The minimum absolute atomic E-state index is 0.0627. The van der Waals surface area contributed by atoms with Gasteiger partial charge in [-0.1, -0.05) is 13.8 Å². The molecule has 3 aliphatic heterocycles. The summed E-state index contributed by atoms with van der Waals surface area (Å²) in [5.41, 5.74) is 1.24. The number of hydrogen-bond acceptors (Lipinski definition) is 5. The second kappa shape index (κ2) is 8.57. The number of urea groups is 1. The number of carbonyl (C=O) groups excluding carboxylic acids is 1. The van der Waals surface area contributed by atoms with Crippen LogP contribution < -0.4 is 15.0 Å². The summed E-state index contributed by atoms with van der Waals surface area (Å²) in [5, 5.41) is 21.2. The largest absolute Gasteiger partial charge is 0.494 e. The number of hydrogen-bond donors (Lipinski definition) is 3. The van der Waals surface area contributed by atoms with Crippen LogP contribution in [0.3, 0.4) is 0 Å². The van der Waals surface area contributed by atoms with Crippen molar-refractivity contribution >= 4 is 11.7 Å². The number of rotatable bonds is 6. The first-order valence-corrected chi connectivity index (χ1v) is 10.1. The first kappa shape index (κ1) is 20.7. The first-order valence-electron chi connectivity index (χ1n) is 10.1. The zero-order valence-electron chi connectivity index (χ0n) is 17.1. The number of fused-ring (bicyclic) bond motifs is 4. The van der Waals surface area contributed by atoms with E-state index in [1.165, 1.54) is 0 Å². The van der Waals surface area contributed by atoms with Crippen LogP contribution >= 0.6 is 0 Å². The number of carbonyl (C=O) groups is 1. The van der Waals surface area contributed by atoms with Crippen molar-refractivity contribution in [3.05, 3.63) is 24.3 Å². The van der Waals surface area contributed by atoms with Crippen LogP contribution in [0.15, 0.2) is 24.3 Å². The van der Waals surface area contributed by atoms with E-state index in [1.54, 1.807) is 0 Å². The van der Waals surface area contributed by atoms with Crippen LogP contribution in [0.25, 0.3) is 0 Å². The molecule has 2 bridgehead atoms. The lowest BCUT2D eigenvalue weighted by Gasteiger charge is -2.48. The maximum atomic E-state index is 12.6. The van der Waals surface area contributed by atoms with Gasteiger partial charge in [-0.2, -0.15) is 0 Å². The predicted molar refractivity (Wildman–Crippen MR) is 109 cm³/mol. The average Bonchev–Trinajstić information content (AvgIpc) is 2.93. The van der Waals surface area contributed by atoms with E-state index in [0.717, 1.165) is 24.4 Å². The topological polar surface area (TPSA) is 85.3 Å². The van der Waals surface area contributed by atoms with Gasteiger partial charge in [-0.05, 0) is 48.9 Å². The Labute approximate surface area is 167 Å². The molecule has 2 amide bonds. The minimum Gasteiger partial charge on any atom is -0.494 e. The molecule has 4 rings (SSSR count). The smallest absolute Gasteiger partial charge is 0.317 e. The van der Waals surface area contributed by atoms with Crippen molar-refractivity contribution in [3.8, 4) is 5.75 Å². The van der Waals surface area contributed by atoms with Crippen molar-refractivity contribution in [3.63, 3.8) is 0 Å². The van der Waals surface area contributed by atoms with Gasteiger partial charge in [0, 0.05) is 31.9 Å². The van der Waals surface area contributed by atoms with Crippen LogP contribution in [-0.2, 0) is 0 Å². The van der Waals surface area contributed by atoms with Crippen molar-refractivity contribution in [2.24, 2.45) is 11.3 Å². The number of ether oxygens (including phenoxy) is 1. The Kier molecular flexibility index (Phi) is 6.35. The molecule has 0 aromatic heterocycles. The Balaban J connectivity index is 1.76. The molecule has 3 atom stereocenters. The molecule has 1 unspecified atom stereocenters. The molecule has 3 heterocycles. The SMILES string of the molecule is CCOc1ccc(N2CC3CN(C(=O)NC[C@@H](O)CO)C[C@@H]2C(C)(C)C3)cc1. The lowest BCUT2D eigenvalue weighted by molar-refractivity contribution is 0.0938. The standard InChI is InChI=1S/C21H33N3O4/c1-4-28-18-7-5-16(6-8-18)24-12-15-9-21(2,3)19(24)13-23(11-15)20(27)22-10-17(26)14-25/h5-8,15,17,19,25-26H,4,9-14H2,1-3H3,(H,22,27)/t15?,17-,19-/m1/s1. The van der Waals surface area contributed by atoms with Gasteiger partial charge in [-0.15, -0.1) is 0 Å². The van der Waals surface area contributed by atoms with E-state index < -0.39 is 6.10 Å². The van der Waals surface area contributed by atoms with Crippen molar-refractivity contribution in [2.45, 2.75) is 39.3 Å². The lowest BCUT2D eigenvalue weighted by atomic mass is 9.73. The third kappa shape index (κ3) is 4.52. The Morgan fingerprint density at radius 3 is 2.64 bits per heavy atom. The van der Waals surface area contributed by atoms with E-state index in [1.807, 2.05) is 24.0 Å². The molecule has 28 heavy (non-hydrogen) atoms. The number of anilines is 1. The third-order valence-electron chi connectivity index (χ3n) is 5.89. The maximum absolute atomic E-state index is 12.6. The number of aliphatic hydroxyl groups excluding tert-OH is 2.